The van der Waals surface area contributed by atoms with Gasteiger partial charge >= 0.3 is 6.03 Å². The number of benzene rings is 1. The first-order chi connectivity index (χ1) is 12.1. The van der Waals surface area contributed by atoms with Gasteiger partial charge in [-0.15, -0.1) is 0 Å². The summed E-state index contributed by atoms with van der Waals surface area (Å²) in [6.07, 6.45) is 6.63. The van der Waals surface area contributed by atoms with Crippen LogP contribution in [0.25, 0.3) is 0 Å². The molecule has 0 radical (unpaired) electrons. The Morgan fingerprint density at radius 1 is 1.24 bits per heavy atom. The van der Waals surface area contributed by atoms with Crippen LogP contribution in [0.3, 0.4) is 0 Å². The minimum atomic E-state index is -0.0214. The standard InChI is InChI=1S/C20H33N3O2/c1-4-5-6-7-16(2)21-20(24)22-17-12-14-23(15-13-17)18-8-10-19(25-3)11-9-18/h8-11,16-17H,4-7,12-15H2,1-3H3,(H2,21,22,24). The molecule has 140 valence electrons. The summed E-state index contributed by atoms with van der Waals surface area (Å²) < 4.78 is 5.21. The monoisotopic (exact) mass is 347 g/mol. The van der Waals surface area contributed by atoms with E-state index in [0.29, 0.717) is 0 Å². The van der Waals surface area contributed by atoms with Crippen molar-refractivity contribution in [1.29, 1.82) is 0 Å². The number of piperidine rings is 1. The quantitative estimate of drug-likeness (QED) is 0.701. The molecule has 1 aliphatic rings. The predicted molar refractivity (Wildman–Crippen MR) is 104 cm³/mol. The number of anilines is 1. The molecule has 0 spiro atoms. The van der Waals surface area contributed by atoms with E-state index >= 15 is 0 Å². The molecule has 1 saturated heterocycles. The minimum absolute atomic E-state index is 0.0214. The number of rotatable bonds is 8. The molecular formula is C20H33N3O2. The molecule has 2 rings (SSSR count). The van der Waals surface area contributed by atoms with E-state index in [1.54, 1.807) is 7.11 Å². The zero-order valence-electron chi connectivity index (χ0n) is 15.9. The molecule has 1 atom stereocenters. The molecular weight excluding hydrogens is 314 g/mol. The fourth-order valence-corrected chi connectivity index (χ4v) is 3.30. The highest BCUT2D eigenvalue weighted by Crippen LogP contribution is 2.22. The fourth-order valence-electron chi connectivity index (χ4n) is 3.30. The molecule has 1 aromatic carbocycles. The van der Waals surface area contributed by atoms with Gasteiger partial charge < -0.3 is 20.3 Å². The third-order valence-electron chi connectivity index (χ3n) is 4.89. The molecule has 1 unspecified atom stereocenters. The summed E-state index contributed by atoms with van der Waals surface area (Å²) in [5.41, 5.74) is 1.22. The number of hydrogen-bond acceptors (Lipinski definition) is 3. The van der Waals surface area contributed by atoms with E-state index in [1.165, 1.54) is 24.9 Å². The second kappa shape index (κ2) is 10.2. The van der Waals surface area contributed by atoms with Gasteiger partial charge in [-0.25, -0.2) is 4.79 Å². The molecule has 2 amide bonds. The van der Waals surface area contributed by atoms with Crippen LogP contribution in [0.4, 0.5) is 10.5 Å². The van der Waals surface area contributed by atoms with Gasteiger partial charge in [-0.1, -0.05) is 26.2 Å². The van der Waals surface area contributed by atoms with Gasteiger partial charge in [0.1, 0.15) is 5.75 Å². The van der Waals surface area contributed by atoms with Crippen molar-refractivity contribution in [2.24, 2.45) is 0 Å². The third-order valence-corrected chi connectivity index (χ3v) is 4.89. The molecule has 1 aliphatic heterocycles. The number of methoxy groups -OCH3 is 1. The van der Waals surface area contributed by atoms with Gasteiger partial charge in [0.05, 0.1) is 7.11 Å². The third kappa shape index (κ3) is 6.48. The van der Waals surface area contributed by atoms with E-state index in [-0.39, 0.29) is 18.1 Å². The SMILES string of the molecule is CCCCCC(C)NC(=O)NC1CCN(c2ccc(OC)cc2)CC1. The molecule has 0 bridgehead atoms. The maximum absolute atomic E-state index is 12.1. The van der Waals surface area contributed by atoms with Crippen molar-refractivity contribution in [3.63, 3.8) is 0 Å². The summed E-state index contributed by atoms with van der Waals surface area (Å²) in [7, 11) is 1.68. The zero-order chi connectivity index (χ0) is 18.1. The Kier molecular flexibility index (Phi) is 7.89. The topological polar surface area (TPSA) is 53.6 Å². The minimum Gasteiger partial charge on any atom is -0.497 e. The molecule has 2 N–H and O–H groups in total. The Balaban J connectivity index is 1.69. The second-order valence-electron chi connectivity index (χ2n) is 6.97. The van der Waals surface area contributed by atoms with E-state index in [1.807, 2.05) is 12.1 Å². The molecule has 0 aromatic heterocycles. The summed E-state index contributed by atoms with van der Waals surface area (Å²) in [5, 5.41) is 6.20. The van der Waals surface area contributed by atoms with Crippen molar-refractivity contribution in [3.05, 3.63) is 24.3 Å². The van der Waals surface area contributed by atoms with E-state index in [2.05, 4.69) is 41.5 Å². The van der Waals surface area contributed by atoms with Crippen molar-refractivity contribution in [2.75, 3.05) is 25.1 Å². The van der Waals surface area contributed by atoms with Crippen LogP contribution in [-0.2, 0) is 0 Å². The molecule has 0 saturated carbocycles. The summed E-state index contributed by atoms with van der Waals surface area (Å²) in [6.45, 7) is 6.21. The first kappa shape index (κ1) is 19.4. The largest absolute Gasteiger partial charge is 0.497 e. The van der Waals surface area contributed by atoms with Crippen molar-refractivity contribution in [1.82, 2.24) is 10.6 Å². The molecule has 1 aromatic rings. The highest BCUT2D eigenvalue weighted by molar-refractivity contribution is 5.74. The summed E-state index contributed by atoms with van der Waals surface area (Å²) >= 11 is 0. The Morgan fingerprint density at radius 2 is 1.92 bits per heavy atom. The normalized spacial score (nSPS) is 16.4. The smallest absolute Gasteiger partial charge is 0.315 e. The number of amides is 2. The average molecular weight is 348 g/mol. The molecule has 25 heavy (non-hydrogen) atoms. The lowest BCUT2D eigenvalue weighted by Crippen LogP contribution is -2.49. The van der Waals surface area contributed by atoms with E-state index in [0.717, 1.165) is 38.1 Å². The number of urea groups is 1. The Bertz CT molecular complexity index is 510. The molecule has 5 heteroatoms. The van der Waals surface area contributed by atoms with Gasteiger partial charge in [0, 0.05) is 30.9 Å². The molecule has 5 nitrogen and oxygen atoms in total. The number of nitrogens with zero attached hydrogens (tertiary/aromatic N) is 1. The Morgan fingerprint density at radius 3 is 2.52 bits per heavy atom. The number of unbranched alkanes of at least 4 members (excludes halogenated alkanes) is 2. The first-order valence-electron chi connectivity index (χ1n) is 9.58. The number of carbonyl (C=O) groups is 1. The lowest BCUT2D eigenvalue weighted by molar-refractivity contribution is 0.230. The first-order valence-corrected chi connectivity index (χ1v) is 9.58. The van der Waals surface area contributed by atoms with Crippen LogP contribution in [0.1, 0.15) is 52.4 Å². The summed E-state index contributed by atoms with van der Waals surface area (Å²) in [4.78, 5) is 14.5. The van der Waals surface area contributed by atoms with Gasteiger partial charge in [0.2, 0.25) is 0 Å². The van der Waals surface area contributed by atoms with Gasteiger partial charge in [0.15, 0.2) is 0 Å². The summed E-state index contributed by atoms with van der Waals surface area (Å²) in [6, 6.07) is 8.66. The van der Waals surface area contributed by atoms with E-state index in [9.17, 15) is 4.79 Å². The fraction of sp³-hybridized carbons (Fsp3) is 0.650. The van der Waals surface area contributed by atoms with Gasteiger partial charge in [-0.3, -0.25) is 0 Å². The van der Waals surface area contributed by atoms with Crippen LogP contribution in [0.15, 0.2) is 24.3 Å². The zero-order valence-corrected chi connectivity index (χ0v) is 15.9. The number of nitrogens with one attached hydrogen (secondary N) is 2. The van der Waals surface area contributed by atoms with Crippen molar-refractivity contribution >= 4 is 11.7 Å². The highest BCUT2D eigenvalue weighted by atomic mass is 16.5. The van der Waals surface area contributed by atoms with E-state index < -0.39 is 0 Å². The van der Waals surface area contributed by atoms with Crippen LogP contribution < -0.4 is 20.3 Å². The Labute approximate surface area is 152 Å². The second-order valence-corrected chi connectivity index (χ2v) is 6.97. The maximum Gasteiger partial charge on any atom is 0.315 e. The van der Waals surface area contributed by atoms with Crippen molar-refractivity contribution in [3.8, 4) is 5.75 Å². The average Bonchev–Trinajstić information content (AvgIpc) is 2.62. The molecule has 0 aliphatic carbocycles. The van der Waals surface area contributed by atoms with Gasteiger partial charge in [0.25, 0.3) is 0 Å². The Hall–Kier alpha value is -1.91. The molecule has 1 fully saturated rings. The number of ether oxygens (including phenoxy) is 1. The van der Waals surface area contributed by atoms with Crippen molar-refractivity contribution in [2.45, 2.75) is 64.5 Å². The highest BCUT2D eigenvalue weighted by Gasteiger charge is 2.21. The lowest BCUT2D eigenvalue weighted by atomic mass is 10.0. The van der Waals surface area contributed by atoms with Crippen LogP contribution in [-0.4, -0.2) is 38.3 Å². The lowest BCUT2D eigenvalue weighted by Gasteiger charge is -2.34. The summed E-state index contributed by atoms with van der Waals surface area (Å²) in [5.74, 6) is 0.880. The van der Waals surface area contributed by atoms with Gasteiger partial charge in [-0.05, 0) is 50.5 Å². The van der Waals surface area contributed by atoms with Crippen molar-refractivity contribution < 1.29 is 9.53 Å². The number of hydrogen-bond donors (Lipinski definition) is 2. The van der Waals surface area contributed by atoms with Crippen LogP contribution in [0, 0.1) is 0 Å². The number of carbonyl (C=O) groups excluding carboxylic acids is 1. The van der Waals surface area contributed by atoms with Crippen LogP contribution in [0.5, 0.6) is 5.75 Å². The predicted octanol–water partition coefficient (Wildman–Crippen LogP) is 3.93. The van der Waals surface area contributed by atoms with Gasteiger partial charge in [-0.2, -0.15) is 0 Å². The molecule has 1 heterocycles. The maximum atomic E-state index is 12.1. The van der Waals surface area contributed by atoms with E-state index in [4.69, 9.17) is 4.74 Å². The van der Waals surface area contributed by atoms with Crippen LogP contribution in [0.2, 0.25) is 0 Å². The van der Waals surface area contributed by atoms with Crippen LogP contribution >= 0.6 is 0 Å².